The Morgan fingerprint density at radius 2 is 1.95 bits per heavy atom. The molecule has 0 amide bonds. The molecule has 11 heteroatoms. The molecule has 3 N–H and O–H groups in total. The van der Waals surface area contributed by atoms with Crippen LogP contribution in [0.2, 0.25) is 0 Å². The summed E-state index contributed by atoms with van der Waals surface area (Å²) in [6, 6.07) is 1.76. The van der Waals surface area contributed by atoms with Gasteiger partial charge in [0.15, 0.2) is 0 Å². The number of sulfonamides is 1. The molecule has 0 radical (unpaired) electrons. The lowest BCUT2D eigenvalue weighted by Gasteiger charge is -2.10. The summed E-state index contributed by atoms with van der Waals surface area (Å²) in [5, 5.41) is 0. The molecule has 0 aliphatic carbocycles. The highest BCUT2D eigenvalue weighted by atomic mass is 79.9. The molecule has 0 saturated carbocycles. The molecule has 0 aliphatic heterocycles. The molecular formula is C9H9BrF4N2O2S2. The van der Waals surface area contributed by atoms with Gasteiger partial charge in [0.2, 0.25) is 10.0 Å². The lowest BCUT2D eigenvalue weighted by atomic mass is 10.3. The van der Waals surface area contributed by atoms with Crippen LogP contribution in [0.1, 0.15) is 0 Å². The Labute approximate surface area is 125 Å². The highest BCUT2D eigenvalue weighted by Crippen LogP contribution is 2.30. The number of nitrogen functional groups attached to an aromatic ring is 1. The van der Waals surface area contributed by atoms with Crippen molar-refractivity contribution in [2.75, 3.05) is 18.0 Å². The zero-order valence-corrected chi connectivity index (χ0v) is 12.9. The zero-order chi connectivity index (χ0) is 15.6. The number of alkyl halides is 3. The van der Waals surface area contributed by atoms with Gasteiger partial charge in [-0.15, -0.1) is 0 Å². The van der Waals surface area contributed by atoms with Crippen LogP contribution in [0.25, 0.3) is 0 Å². The van der Waals surface area contributed by atoms with E-state index in [9.17, 15) is 26.0 Å². The van der Waals surface area contributed by atoms with Gasteiger partial charge in [-0.05, 0) is 39.8 Å². The van der Waals surface area contributed by atoms with Crippen LogP contribution in [0.15, 0.2) is 21.5 Å². The topological polar surface area (TPSA) is 72.2 Å². The number of benzene rings is 1. The van der Waals surface area contributed by atoms with Crippen molar-refractivity contribution < 1.29 is 26.0 Å². The van der Waals surface area contributed by atoms with E-state index < -0.39 is 33.6 Å². The Hall–Kier alpha value is -0.520. The van der Waals surface area contributed by atoms with Crippen LogP contribution in [0, 0.1) is 5.82 Å². The third-order valence-electron chi connectivity index (χ3n) is 2.00. The average molecular weight is 397 g/mol. The number of nitrogens with two attached hydrogens (primary N) is 1. The third-order valence-corrected chi connectivity index (χ3v) is 5.16. The lowest BCUT2D eigenvalue weighted by Crippen LogP contribution is -2.27. The van der Waals surface area contributed by atoms with E-state index in [1.807, 2.05) is 4.72 Å². The van der Waals surface area contributed by atoms with Crippen molar-refractivity contribution >= 4 is 43.4 Å². The Balaban J connectivity index is 2.77. The van der Waals surface area contributed by atoms with Crippen molar-refractivity contribution in [3.8, 4) is 0 Å². The first-order valence-corrected chi connectivity index (χ1v) is 8.24. The Kier molecular flexibility index (Phi) is 5.70. The summed E-state index contributed by atoms with van der Waals surface area (Å²) in [5.74, 6) is -1.28. The maximum absolute atomic E-state index is 13.1. The van der Waals surface area contributed by atoms with E-state index in [-0.39, 0.29) is 26.8 Å². The largest absolute Gasteiger partial charge is 0.441 e. The number of halogens is 5. The predicted octanol–water partition coefficient (Wildman–Crippen LogP) is 2.70. The van der Waals surface area contributed by atoms with Gasteiger partial charge in [-0.2, -0.15) is 13.2 Å². The normalized spacial score (nSPS) is 12.7. The summed E-state index contributed by atoms with van der Waals surface area (Å²) >= 11 is 2.51. The van der Waals surface area contributed by atoms with E-state index in [2.05, 4.69) is 15.9 Å². The van der Waals surface area contributed by atoms with Crippen LogP contribution in [0.4, 0.5) is 23.2 Å². The van der Waals surface area contributed by atoms with Crippen LogP contribution in [-0.4, -0.2) is 26.2 Å². The second-order valence-corrected chi connectivity index (χ2v) is 7.25. The minimum atomic E-state index is -4.42. The zero-order valence-electron chi connectivity index (χ0n) is 9.67. The Bertz CT molecular complexity index is 592. The average Bonchev–Trinajstić information content (AvgIpc) is 2.28. The van der Waals surface area contributed by atoms with Crippen LogP contribution in [0.3, 0.4) is 0 Å². The summed E-state index contributed by atoms with van der Waals surface area (Å²) in [7, 11) is -4.07. The highest BCUT2D eigenvalue weighted by molar-refractivity contribution is 9.10. The maximum Gasteiger partial charge on any atom is 0.441 e. The van der Waals surface area contributed by atoms with Gasteiger partial charge in [-0.3, -0.25) is 0 Å². The SMILES string of the molecule is Nc1cc(S(=O)(=O)NCCSC(F)(F)F)c(Br)cc1F. The fourth-order valence-electron chi connectivity index (χ4n) is 1.17. The molecule has 1 aromatic carbocycles. The van der Waals surface area contributed by atoms with Gasteiger partial charge >= 0.3 is 5.51 Å². The number of hydrogen-bond acceptors (Lipinski definition) is 4. The molecule has 0 fully saturated rings. The molecule has 0 aliphatic rings. The molecule has 1 rings (SSSR count). The highest BCUT2D eigenvalue weighted by Gasteiger charge is 2.28. The standard InChI is InChI=1S/C9H9BrF4N2O2S2/c10-5-3-6(11)7(15)4-8(5)20(17,18)16-1-2-19-9(12,13)14/h3-4,16H,1-2,15H2. The van der Waals surface area contributed by atoms with E-state index in [0.29, 0.717) is 0 Å². The molecule has 114 valence electrons. The molecule has 0 bridgehead atoms. The Morgan fingerprint density at radius 1 is 1.35 bits per heavy atom. The van der Waals surface area contributed by atoms with Gasteiger partial charge in [-0.25, -0.2) is 17.5 Å². The fraction of sp³-hybridized carbons (Fsp3) is 0.333. The van der Waals surface area contributed by atoms with Gasteiger partial charge in [0, 0.05) is 16.8 Å². The summed E-state index contributed by atoms with van der Waals surface area (Å²) in [6.45, 7) is -0.420. The minimum absolute atomic E-state index is 0.0693. The smallest absolute Gasteiger partial charge is 0.396 e. The summed E-state index contributed by atoms with van der Waals surface area (Å²) in [5.41, 5.74) is 0.456. The quantitative estimate of drug-likeness (QED) is 0.455. The first-order chi connectivity index (χ1) is 9.03. The third kappa shape index (κ3) is 5.11. The van der Waals surface area contributed by atoms with E-state index in [1.165, 1.54) is 0 Å². The van der Waals surface area contributed by atoms with E-state index in [0.717, 1.165) is 12.1 Å². The van der Waals surface area contributed by atoms with Crippen molar-refractivity contribution in [1.29, 1.82) is 0 Å². The lowest BCUT2D eigenvalue weighted by molar-refractivity contribution is -0.0327. The van der Waals surface area contributed by atoms with Crippen LogP contribution in [0.5, 0.6) is 0 Å². The van der Waals surface area contributed by atoms with E-state index in [1.54, 1.807) is 0 Å². The summed E-state index contributed by atoms with van der Waals surface area (Å²) < 4.78 is 74.3. The van der Waals surface area contributed by atoms with Gasteiger partial charge < -0.3 is 5.73 Å². The van der Waals surface area contributed by atoms with Crippen molar-refractivity contribution in [3.05, 3.63) is 22.4 Å². The molecule has 0 aromatic heterocycles. The number of anilines is 1. The van der Waals surface area contributed by atoms with Crippen LogP contribution in [-0.2, 0) is 10.0 Å². The number of nitrogens with one attached hydrogen (secondary N) is 1. The molecule has 0 spiro atoms. The fourth-order valence-corrected chi connectivity index (χ4v) is 3.81. The van der Waals surface area contributed by atoms with Gasteiger partial charge in [-0.1, -0.05) is 0 Å². The molecule has 1 aromatic rings. The van der Waals surface area contributed by atoms with E-state index >= 15 is 0 Å². The maximum atomic E-state index is 13.1. The van der Waals surface area contributed by atoms with Gasteiger partial charge in [0.25, 0.3) is 0 Å². The first-order valence-electron chi connectivity index (χ1n) is 4.98. The van der Waals surface area contributed by atoms with E-state index in [4.69, 9.17) is 5.73 Å². The number of thioether (sulfide) groups is 1. The molecule has 0 unspecified atom stereocenters. The minimum Gasteiger partial charge on any atom is -0.396 e. The molecule has 0 saturated heterocycles. The second-order valence-electron chi connectivity index (χ2n) is 3.50. The molecule has 20 heavy (non-hydrogen) atoms. The first kappa shape index (κ1) is 17.5. The monoisotopic (exact) mass is 396 g/mol. The summed E-state index contributed by atoms with van der Waals surface area (Å²) in [4.78, 5) is -0.339. The van der Waals surface area contributed by atoms with Gasteiger partial charge in [0.1, 0.15) is 5.82 Å². The van der Waals surface area contributed by atoms with Crippen molar-refractivity contribution in [2.24, 2.45) is 0 Å². The van der Waals surface area contributed by atoms with Crippen molar-refractivity contribution in [1.82, 2.24) is 4.72 Å². The second kappa shape index (κ2) is 6.50. The van der Waals surface area contributed by atoms with Crippen LogP contribution < -0.4 is 10.5 Å². The van der Waals surface area contributed by atoms with Crippen molar-refractivity contribution in [3.63, 3.8) is 0 Å². The molecular weight excluding hydrogens is 388 g/mol. The number of hydrogen-bond donors (Lipinski definition) is 2. The number of rotatable bonds is 5. The molecule has 0 atom stereocenters. The van der Waals surface area contributed by atoms with Crippen LogP contribution >= 0.6 is 27.7 Å². The Morgan fingerprint density at radius 3 is 2.50 bits per heavy atom. The summed E-state index contributed by atoms with van der Waals surface area (Å²) in [6.07, 6.45) is 0. The predicted molar refractivity (Wildman–Crippen MR) is 72.2 cm³/mol. The van der Waals surface area contributed by atoms with Crippen molar-refractivity contribution in [2.45, 2.75) is 10.4 Å². The van der Waals surface area contributed by atoms with Gasteiger partial charge in [0.05, 0.1) is 10.6 Å². The molecule has 0 heterocycles. The molecule has 4 nitrogen and oxygen atoms in total.